The van der Waals surface area contributed by atoms with Crippen LogP contribution in [0.1, 0.15) is 0 Å². The number of halogens is 1. The lowest BCUT2D eigenvalue weighted by atomic mass is 10.4. The minimum Gasteiger partial charge on any atom is -0.356 e. The van der Waals surface area contributed by atoms with E-state index >= 15 is 0 Å². The van der Waals surface area contributed by atoms with Gasteiger partial charge in [0.15, 0.2) is 0 Å². The molecule has 0 saturated heterocycles. The van der Waals surface area contributed by atoms with Crippen molar-refractivity contribution in [2.75, 3.05) is 12.5 Å². The van der Waals surface area contributed by atoms with Gasteiger partial charge in [0.1, 0.15) is 0 Å². The molecule has 1 unspecified atom stereocenters. The van der Waals surface area contributed by atoms with Crippen LogP contribution < -0.4 is 5.30 Å². The summed E-state index contributed by atoms with van der Waals surface area (Å²) in [5, 5.41) is 1.22. The molecule has 0 aromatic heterocycles. The van der Waals surface area contributed by atoms with Crippen LogP contribution in [0.4, 0.5) is 0 Å². The van der Waals surface area contributed by atoms with Crippen molar-refractivity contribution in [3.8, 4) is 0 Å². The van der Waals surface area contributed by atoms with Crippen LogP contribution in [0.25, 0.3) is 0 Å². The summed E-state index contributed by atoms with van der Waals surface area (Å²) in [5.74, 6) is 0.569. The maximum atomic E-state index is 5.45. The minimum atomic E-state index is 0.427. The summed E-state index contributed by atoms with van der Waals surface area (Å²) < 4.78 is 5.26. The molecule has 0 heterocycles. The average molecular weight is 189 g/mol. The lowest BCUT2D eigenvalue weighted by molar-refractivity contribution is 0.397. The van der Waals surface area contributed by atoms with Gasteiger partial charge in [-0.15, -0.1) is 11.6 Å². The molecule has 0 fully saturated rings. The number of alkyl halides is 1. The first-order valence-corrected chi connectivity index (χ1v) is 4.86. The van der Waals surface area contributed by atoms with Gasteiger partial charge in [0, 0.05) is 14.7 Å². The van der Waals surface area contributed by atoms with Gasteiger partial charge in [-0.05, 0) is 5.30 Å². The highest BCUT2D eigenvalue weighted by atomic mass is 35.5. The van der Waals surface area contributed by atoms with E-state index in [1.165, 1.54) is 5.30 Å². The van der Waals surface area contributed by atoms with E-state index in [1.54, 1.807) is 0 Å². The zero-order valence-electron chi connectivity index (χ0n) is 6.09. The Hall–Kier alpha value is -0.100. The third-order valence-electron chi connectivity index (χ3n) is 1.14. The average Bonchev–Trinajstić information content (AvgIpc) is 2.07. The summed E-state index contributed by atoms with van der Waals surface area (Å²) in [7, 11) is 0.427. The zero-order chi connectivity index (χ0) is 7.94. The second-order valence-corrected chi connectivity index (χ2v) is 3.45. The van der Waals surface area contributed by atoms with Gasteiger partial charge in [0.05, 0.1) is 6.61 Å². The highest BCUT2D eigenvalue weighted by Gasteiger charge is 1.89. The first kappa shape index (κ1) is 8.99. The summed E-state index contributed by atoms with van der Waals surface area (Å²) in [4.78, 5) is 0. The second kappa shape index (κ2) is 5.54. The minimum absolute atomic E-state index is 0.427. The molecule has 1 aromatic carbocycles. The predicted octanol–water partition coefficient (Wildman–Crippen LogP) is 2.16. The summed E-state index contributed by atoms with van der Waals surface area (Å²) in [6, 6.07) is 10.1. The molecule has 0 aliphatic heterocycles. The Morgan fingerprint density at radius 1 is 1.27 bits per heavy atom. The van der Waals surface area contributed by atoms with Crippen LogP contribution in [-0.2, 0) is 4.52 Å². The van der Waals surface area contributed by atoms with Crippen molar-refractivity contribution in [2.45, 2.75) is 0 Å². The summed E-state index contributed by atoms with van der Waals surface area (Å²) in [6.45, 7) is 0.634. The van der Waals surface area contributed by atoms with Gasteiger partial charge in [0.2, 0.25) is 0 Å². The van der Waals surface area contributed by atoms with Crippen molar-refractivity contribution < 1.29 is 4.52 Å². The molecular formula is C8H10ClOP. The first-order chi connectivity index (χ1) is 5.43. The van der Waals surface area contributed by atoms with E-state index in [9.17, 15) is 0 Å². The molecule has 0 spiro atoms. The summed E-state index contributed by atoms with van der Waals surface area (Å²) in [5.41, 5.74) is 0. The van der Waals surface area contributed by atoms with Crippen LogP contribution in [0.2, 0.25) is 0 Å². The van der Waals surface area contributed by atoms with Crippen LogP contribution in [-0.4, -0.2) is 12.5 Å². The number of hydrogen-bond donors (Lipinski definition) is 0. The van der Waals surface area contributed by atoms with E-state index in [-0.39, 0.29) is 0 Å². The Balaban J connectivity index is 2.28. The highest BCUT2D eigenvalue weighted by Crippen LogP contribution is 2.10. The SMILES string of the molecule is ClCCOPc1ccccc1. The molecule has 0 N–H and O–H groups in total. The Morgan fingerprint density at radius 3 is 2.64 bits per heavy atom. The van der Waals surface area contributed by atoms with Crippen LogP contribution >= 0.6 is 20.4 Å². The molecule has 0 radical (unpaired) electrons. The van der Waals surface area contributed by atoms with Crippen LogP contribution in [0.15, 0.2) is 30.3 Å². The fraction of sp³-hybridized carbons (Fsp3) is 0.250. The van der Waals surface area contributed by atoms with Crippen molar-refractivity contribution in [1.82, 2.24) is 0 Å². The number of benzene rings is 1. The molecule has 60 valence electrons. The maximum Gasteiger partial charge on any atom is 0.0645 e. The Labute approximate surface area is 73.6 Å². The number of rotatable bonds is 4. The van der Waals surface area contributed by atoms with Crippen molar-refractivity contribution in [3.05, 3.63) is 30.3 Å². The van der Waals surface area contributed by atoms with Crippen molar-refractivity contribution in [1.29, 1.82) is 0 Å². The van der Waals surface area contributed by atoms with E-state index in [0.29, 0.717) is 21.3 Å². The molecule has 0 aliphatic carbocycles. The molecule has 3 heteroatoms. The second-order valence-electron chi connectivity index (χ2n) is 2.01. The van der Waals surface area contributed by atoms with Crippen LogP contribution in [0, 0.1) is 0 Å². The van der Waals surface area contributed by atoms with Crippen LogP contribution in [0.5, 0.6) is 0 Å². The van der Waals surface area contributed by atoms with E-state index in [1.807, 2.05) is 30.3 Å². The third kappa shape index (κ3) is 3.71. The lowest BCUT2D eigenvalue weighted by Crippen LogP contribution is -1.95. The normalized spacial score (nSPS) is 11.0. The van der Waals surface area contributed by atoms with E-state index in [2.05, 4.69) is 0 Å². The third-order valence-corrected chi connectivity index (χ3v) is 2.21. The van der Waals surface area contributed by atoms with Gasteiger partial charge >= 0.3 is 0 Å². The van der Waals surface area contributed by atoms with Crippen molar-refractivity contribution in [3.63, 3.8) is 0 Å². The predicted molar refractivity (Wildman–Crippen MR) is 51.1 cm³/mol. The molecule has 0 bridgehead atoms. The Kier molecular flexibility index (Phi) is 4.53. The Bertz CT molecular complexity index is 191. The van der Waals surface area contributed by atoms with Gasteiger partial charge < -0.3 is 4.52 Å². The standard InChI is InChI=1S/C8H10ClOP/c9-6-7-10-11-8-4-2-1-3-5-8/h1-5,11H,6-7H2. The molecule has 1 atom stereocenters. The smallest absolute Gasteiger partial charge is 0.0645 e. The molecular weight excluding hydrogens is 179 g/mol. The molecule has 1 nitrogen and oxygen atoms in total. The van der Waals surface area contributed by atoms with Crippen molar-refractivity contribution in [2.24, 2.45) is 0 Å². The van der Waals surface area contributed by atoms with Gasteiger partial charge in [-0.1, -0.05) is 30.3 Å². The topological polar surface area (TPSA) is 9.23 Å². The monoisotopic (exact) mass is 188 g/mol. The number of hydrogen-bond acceptors (Lipinski definition) is 1. The molecule has 1 aromatic rings. The Morgan fingerprint density at radius 2 is 2.00 bits per heavy atom. The zero-order valence-corrected chi connectivity index (χ0v) is 7.84. The lowest BCUT2D eigenvalue weighted by Gasteiger charge is -1.99. The quantitative estimate of drug-likeness (QED) is 0.400. The van der Waals surface area contributed by atoms with E-state index in [4.69, 9.17) is 16.1 Å². The van der Waals surface area contributed by atoms with Gasteiger partial charge in [0.25, 0.3) is 0 Å². The molecule has 0 aliphatic rings. The van der Waals surface area contributed by atoms with Crippen LogP contribution in [0.3, 0.4) is 0 Å². The molecule has 0 amide bonds. The highest BCUT2D eigenvalue weighted by molar-refractivity contribution is 7.41. The fourth-order valence-corrected chi connectivity index (χ4v) is 1.59. The molecule has 11 heavy (non-hydrogen) atoms. The fourth-order valence-electron chi connectivity index (χ4n) is 0.679. The first-order valence-electron chi connectivity index (χ1n) is 3.42. The maximum absolute atomic E-state index is 5.45. The molecule has 0 saturated carbocycles. The summed E-state index contributed by atoms with van der Waals surface area (Å²) >= 11 is 5.45. The van der Waals surface area contributed by atoms with Gasteiger partial charge in [-0.2, -0.15) is 0 Å². The van der Waals surface area contributed by atoms with Gasteiger partial charge in [-0.3, -0.25) is 0 Å². The molecule has 1 rings (SSSR count). The van der Waals surface area contributed by atoms with E-state index in [0.717, 1.165) is 0 Å². The summed E-state index contributed by atoms with van der Waals surface area (Å²) in [6.07, 6.45) is 0. The van der Waals surface area contributed by atoms with Gasteiger partial charge in [-0.25, -0.2) is 0 Å². The largest absolute Gasteiger partial charge is 0.356 e. The van der Waals surface area contributed by atoms with E-state index < -0.39 is 0 Å². The van der Waals surface area contributed by atoms with Crippen molar-refractivity contribution >= 4 is 25.7 Å².